The summed E-state index contributed by atoms with van der Waals surface area (Å²) in [4.78, 5) is 4.62. The van der Waals surface area contributed by atoms with Crippen LogP contribution in [0.2, 0.25) is 15.1 Å². The fourth-order valence-electron chi connectivity index (χ4n) is 4.01. The molecule has 0 saturated carbocycles. The predicted octanol–water partition coefficient (Wildman–Crippen LogP) is 6.02. The number of rotatable bonds is 5. The highest BCUT2D eigenvalue weighted by atomic mass is 35.5. The molecule has 2 aromatic carbocycles. The standard InChI is InChI=1S/C24H26Cl3N5S/c1-16-23(17(2)32(29-16)15-19-7-8-20(25)13-22(19)27)28-24(33)31-11-9-30(10-12-31)14-18-5-3-4-6-21(18)26/h3-8,13H,9-12,14-15H2,1-2H3,(H,28,33). The van der Waals surface area contributed by atoms with Crippen molar-refractivity contribution >= 4 is 57.8 Å². The van der Waals surface area contributed by atoms with Crippen LogP contribution < -0.4 is 5.32 Å². The molecule has 1 aliphatic heterocycles. The normalized spacial score (nSPS) is 14.5. The van der Waals surface area contributed by atoms with Crippen LogP contribution in [0, 0.1) is 13.8 Å². The fraction of sp³-hybridized carbons (Fsp3) is 0.333. The number of nitrogens with one attached hydrogen (secondary N) is 1. The van der Waals surface area contributed by atoms with Crippen LogP contribution in [-0.4, -0.2) is 50.9 Å². The van der Waals surface area contributed by atoms with Gasteiger partial charge in [0.2, 0.25) is 0 Å². The van der Waals surface area contributed by atoms with Crippen LogP contribution in [0.5, 0.6) is 0 Å². The van der Waals surface area contributed by atoms with Crippen molar-refractivity contribution in [3.63, 3.8) is 0 Å². The maximum atomic E-state index is 6.36. The van der Waals surface area contributed by atoms with Gasteiger partial charge in [-0.3, -0.25) is 9.58 Å². The van der Waals surface area contributed by atoms with Gasteiger partial charge in [-0.2, -0.15) is 5.10 Å². The van der Waals surface area contributed by atoms with Gasteiger partial charge in [0.05, 0.1) is 23.6 Å². The van der Waals surface area contributed by atoms with Crippen LogP contribution in [0.4, 0.5) is 5.69 Å². The van der Waals surface area contributed by atoms with Gasteiger partial charge in [0.25, 0.3) is 0 Å². The molecule has 0 amide bonds. The molecule has 174 valence electrons. The summed E-state index contributed by atoms with van der Waals surface area (Å²) in [6.07, 6.45) is 0. The zero-order chi connectivity index (χ0) is 23.5. The lowest BCUT2D eigenvalue weighted by Gasteiger charge is -2.36. The summed E-state index contributed by atoms with van der Waals surface area (Å²) in [5, 5.41) is 10.9. The summed E-state index contributed by atoms with van der Waals surface area (Å²) >= 11 is 24.4. The van der Waals surface area contributed by atoms with E-state index in [9.17, 15) is 0 Å². The SMILES string of the molecule is Cc1nn(Cc2ccc(Cl)cc2Cl)c(C)c1NC(=S)N1CCN(Cc2ccccc2Cl)CC1. The van der Waals surface area contributed by atoms with Gasteiger partial charge < -0.3 is 10.2 Å². The molecule has 0 radical (unpaired) electrons. The van der Waals surface area contributed by atoms with Crippen molar-refractivity contribution in [3.05, 3.63) is 80.0 Å². The molecule has 0 bridgehead atoms. The second-order valence-electron chi connectivity index (χ2n) is 8.22. The van der Waals surface area contributed by atoms with E-state index in [0.29, 0.717) is 16.6 Å². The zero-order valence-corrected chi connectivity index (χ0v) is 21.7. The average Bonchev–Trinajstić information content (AvgIpc) is 3.05. The predicted molar refractivity (Wildman–Crippen MR) is 142 cm³/mol. The molecule has 3 aromatic rings. The summed E-state index contributed by atoms with van der Waals surface area (Å²) < 4.78 is 1.94. The Kier molecular flexibility index (Phi) is 7.82. The molecule has 33 heavy (non-hydrogen) atoms. The van der Waals surface area contributed by atoms with E-state index in [0.717, 1.165) is 71.1 Å². The Morgan fingerprint density at radius 3 is 2.33 bits per heavy atom. The number of piperazine rings is 1. The lowest BCUT2D eigenvalue weighted by molar-refractivity contribution is 0.177. The van der Waals surface area contributed by atoms with Crippen LogP contribution in [0.15, 0.2) is 42.5 Å². The molecule has 1 aliphatic rings. The molecule has 1 aromatic heterocycles. The molecule has 1 saturated heterocycles. The molecule has 0 aliphatic carbocycles. The summed E-state index contributed by atoms with van der Waals surface area (Å²) in [7, 11) is 0. The number of hydrogen-bond acceptors (Lipinski definition) is 3. The lowest BCUT2D eigenvalue weighted by Crippen LogP contribution is -2.49. The Labute approximate surface area is 215 Å². The Hall–Kier alpha value is -1.83. The average molecular weight is 523 g/mol. The number of nitrogens with zero attached hydrogens (tertiary/aromatic N) is 4. The summed E-state index contributed by atoms with van der Waals surface area (Å²) in [5.74, 6) is 0. The molecule has 5 nitrogen and oxygen atoms in total. The van der Waals surface area contributed by atoms with Crippen molar-refractivity contribution in [1.29, 1.82) is 0 Å². The van der Waals surface area contributed by atoms with E-state index in [1.807, 2.05) is 48.9 Å². The number of hydrogen-bond donors (Lipinski definition) is 1. The first kappa shape index (κ1) is 24.3. The quantitative estimate of drug-likeness (QED) is 0.415. The number of benzene rings is 2. The number of anilines is 1. The van der Waals surface area contributed by atoms with Crippen LogP contribution in [-0.2, 0) is 13.1 Å². The number of thiocarbonyl (C=S) groups is 1. The molecule has 9 heteroatoms. The van der Waals surface area contributed by atoms with Crippen LogP contribution in [0.25, 0.3) is 0 Å². The molecule has 1 N–H and O–H groups in total. The monoisotopic (exact) mass is 521 g/mol. The lowest BCUT2D eigenvalue weighted by atomic mass is 10.2. The smallest absolute Gasteiger partial charge is 0.173 e. The van der Waals surface area contributed by atoms with Gasteiger partial charge >= 0.3 is 0 Å². The topological polar surface area (TPSA) is 36.3 Å². The number of aryl methyl sites for hydroxylation is 1. The van der Waals surface area contributed by atoms with Crippen molar-refractivity contribution in [3.8, 4) is 0 Å². The third-order valence-corrected chi connectivity index (χ3v) is 7.28. The maximum Gasteiger partial charge on any atom is 0.173 e. The Morgan fingerprint density at radius 1 is 0.939 bits per heavy atom. The second kappa shape index (κ2) is 10.6. The van der Waals surface area contributed by atoms with E-state index < -0.39 is 0 Å². The Morgan fingerprint density at radius 2 is 1.64 bits per heavy atom. The largest absolute Gasteiger partial charge is 0.346 e. The number of aromatic nitrogens is 2. The minimum atomic E-state index is 0.567. The minimum absolute atomic E-state index is 0.567. The fourth-order valence-corrected chi connectivity index (χ4v) is 4.95. The minimum Gasteiger partial charge on any atom is -0.346 e. The van der Waals surface area contributed by atoms with Gasteiger partial charge in [-0.1, -0.05) is 59.1 Å². The first-order valence-corrected chi connectivity index (χ1v) is 12.4. The summed E-state index contributed by atoms with van der Waals surface area (Å²) in [6, 6.07) is 13.5. The maximum absolute atomic E-state index is 6.36. The van der Waals surface area contributed by atoms with Gasteiger partial charge in [0, 0.05) is 47.8 Å². The van der Waals surface area contributed by atoms with Crippen molar-refractivity contribution in [2.75, 3.05) is 31.5 Å². The highest BCUT2D eigenvalue weighted by Crippen LogP contribution is 2.25. The van der Waals surface area contributed by atoms with Crippen LogP contribution >= 0.6 is 47.0 Å². The number of halogens is 3. The Bertz CT molecular complexity index is 1150. The van der Waals surface area contributed by atoms with Crippen molar-refractivity contribution in [1.82, 2.24) is 19.6 Å². The Balaban J connectivity index is 1.36. The van der Waals surface area contributed by atoms with Gasteiger partial charge in [0.1, 0.15) is 0 Å². The second-order valence-corrected chi connectivity index (χ2v) is 9.86. The van der Waals surface area contributed by atoms with Crippen LogP contribution in [0.1, 0.15) is 22.5 Å². The molecule has 4 rings (SSSR count). The first-order chi connectivity index (χ1) is 15.8. The molecule has 0 unspecified atom stereocenters. The molecular weight excluding hydrogens is 497 g/mol. The highest BCUT2D eigenvalue weighted by molar-refractivity contribution is 7.80. The molecule has 2 heterocycles. The van der Waals surface area contributed by atoms with Gasteiger partial charge in [-0.15, -0.1) is 0 Å². The van der Waals surface area contributed by atoms with Crippen LogP contribution in [0.3, 0.4) is 0 Å². The van der Waals surface area contributed by atoms with E-state index in [4.69, 9.17) is 52.1 Å². The molecular formula is C24H26Cl3N5S. The van der Waals surface area contributed by atoms with Crippen molar-refractivity contribution in [2.45, 2.75) is 26.9 Å². The van der Waals surface area contributed by atoms with Crippen molar-refractivity contribution < 1.29 is 0 Å². The first-order valence-electron chi connectivity index (χ1n) is 10.8. The van der Waals surface area contributed by atoms with Gasteiger partial charge in [-0.05, 0) is 55.4 Å². The van der Waals surface area contributed by atoms with Gasteiger partial charge in [-0.25, -0.2) is 0 Å². The molecule has 1 fully saturated rings. The molecule has 0 atom stereocenters. The summed E-state index contributed by atoms with van der Waals surface area (Å²) in [6.45, 7) is 9.03. The third kappa shape index (κ3) is 5.81. The van der Waals surface area contributed by atoms with Gasteiger partial charge in [0.15, 0.2) is 5.11 Å². The van der Waals surface area contributed by atoms with E-state index in [1.54, 1.807) is 6.07 Å². The van der Waals surface area contributed by atoms with E-state index >= 15 is 0 Å². The summed E-state index contributed by atoms with van der Waals surface area (Å²) in [5.41, 5.74) is 4.99. The van der Waals surface area contributed by atoms with E-state index in [2.05, 4.69) is 21.2 Å². The third-order valence-electron chi connectivity index (χ3n) is 5.96. The highest BCUT2D eigenvalue weighted by Gasteiger charge is 2.21. The van der Waals surface area contributed by atoms with E-state index in [1.165, 1.54) is 0 Å². The van der Waals surface area contributed by atoms with Crippen molar-refractivity contribution in [2.24, 2.45) is 0 Å². The zero-order valence-electron chi connectivity index (χ0n) is 18.6. The molecule has 0 spiro atoms. The van der Waals surface area contributed by atoms with E-state index in [-0.39, 0.29) is 0 Å².